The maximum absolute atomic E-state index is 11.7. The molecular formula is C23H39NO6. The lowest BCUT2D eigenvalue weighted by Crippen LogP contribution is -2.33. The van der Waals surface area contributed by atoms with Gasteiger partial charge in [-0.25, -0.2) is 4.79 Å². The van der Waals surface area contributed by atoms with E-state index in [4.69, 9.17) is 24.1 Å². The van der Waals surface area contributed by atoms with Crippen molar-refractivity contribution in [2.75, 3.05) is 46.2 Å². The Morgan fingerprint density at radius 2 is 1.67 bits per heavy atom. The Bertz CT molecular complexity index is 573. The van der Waals surface area contributed by atoms with Gasteiger partial charge in [0.25, 0.3) is 0 Å². The zero-order valence-electron chi connectivity index (χ0n) is 18.8. The summed E-state index contributed by atoms with van der Waals surface area (Å²) in [4.78, 5) is 11.7. The van der Waals surface area contributed by atoms with Crippen LogP contribution < -0.4 is 10.1 Å². The van der Waals surface area contributed by atoms with Crippen LogP contribution in [0.4, 0.5) is 4.79 Å². The molecule has 0 aliphatic carbocycles. The smallest absolute Gasteiger partial charge is 0.407 e. The highest BCUT2D eigenvalue weighted by Gasteiger charge is 2.15. The minimum Gasteiger partial charge on any atom is -0.494 e. The van der Waals surface area contributed by atoms with Crippen LogP contribution in [0.15, 0.2) is 24.3 Å². The fraction of sp³-hybridized carbons (Fsp3) is 0.696. The van der Waals surface area contributed by atoms with E-state index in [1.165, 1.54) is 0 Å². The van der Waals surface area contributed by atoms with Crippen molar-refractivity contribution in [1.82, 2.24) is 5.32 Å². The van der Waals surface area contributed by atoms with Crippen LogP contribution in [-0.2, 0) is 20.6 Å². The Morgan fingerprint density at radius 1 is 0.967 bits per heavy atom. The minimum atomic E-state index is -0.486. The predicted molar refractivity (Wildman–Crippen MR) is 117 cm³/mol. The summed E-state index contributed by atoms with van der Waals surface area (Å²) in [5.74, 6) is 0.857. The van der Waals surface area contributed by atoms with Crippen molar-refractivity contribution in [3.63, 3.8) is 0 Å². The molecule has 0 fully saturated rings. The SMILES string of the molecule is CC(C)(C)OC(=O)NCCc1cccc(OCCCCCCOCCOCCO)c1. The third-order valence-corrected chi connectivity index (χ3v) is 4.04. The first-order chi connectivity index (χ1) is 14.4. The molecule has 1 rings (SSSR count). The van der Waals surface area contributed by atoms with Gasteiger partial charge in [-0.1, -0.05) is 18.6 Å². The van der Waals surface area contributed by atoms with E-state index in [9.17, 15) is 4.79 Å². The maximum atomic E-state index is 11.7. The van der Waals surface area contributed by atoms with Gasteiger partial charge in [-0.3, -0.25) is 0 Å². The van der Waals surface area contributed by atoms with Crippen molar-refractivity contribution >= 4 is 6.09 Å². The van der Waals surface area contributed by atoms with Crippen molar-refractivity contribution in [2.45, 2.75) is 58.5 Å². The van der Waals surface area contributed by atoms with Gasteiger partial charge in [0.2, 0.25) is 0 Å². The van der Waals surface area contributed by atoms with E-state index in [1.54, 1.807) is 0 Å². The molecule has 0 aliphatic heterocycles. The quantitative estimate of drug-likeness (QED) is 0.393. The highest BCUT2D eigenvalue weighted by Crippen LogP contribution is 2.14. The number of alkyl carbamates (subject to hydrolysis) is 1. The maximum Gasteiger partial charge on any atom is 0.407 e. The molecule has 0 aliphatic rings. The summed E-state index contributed by atoms with van der Waals surface area (Å²) in [6.07, 6.45) is 4.57. The van der Waals surface area contributed by atoms with Crippen molar-refractivity contribution < 1.29 is 28.8 Å². The second kappa shape index (κ2) is 15.9. The van der Waals surface area contributed by atoms with Crippen LogP contribution in [0, 0.1) is 0 Å². The summed E-state index contributed by atoms with van der Waals surface area (Å²) >= 11 is 0. The monoisotopic (exact) mass is 425 g/mol. The Hall–Kier alpha value is -1.83. The number of hydrogen-bond donors (Lipinski definition) is 2. The first-order valence-electron chi connectivity index (χ1n) is 10.9. The normalized spacial score (nSPS) is 11.3. The molecule has 172 valence electrons. The molecule has 0 heterocycles. The van der Waals surface area contributed by atoms with Gasteiger partial charge in [0.1, 0.15) is 11.4 Å². The van der Waals surface area contributed by atoms with E-state index in [0.29, 0.717) is 33.0 Å². The zero-order chi connectivity index (χ0) is 22.1. The molecule has 1 aromatic rings. The van der Waals surface area contributed by atoms with Gasteiger partial charge < -0.3 is 29.4 Å². The van der Waals surface area contributed by atoms with Crippen molar-refractivity contribution in [1.29, 1.82) is 0 Å². The number of aliphatic hydroxyl groups is 1. The van der Waals surface area contributed by atoms with Gasteiger partial charge in [-0.05, 0) is 64.2 Å². The lowest BCUT2D eigenvalue weighted by atomic mass is 10.1. The molecule has 0 atom stereocenters. The number of amides is 1. The summed E-state index contributed by atoms with van der Waals surface area (Å²) < 4.78 is 21.7. The van der Waals surface area contributed by atoms with Gasteiger partial charge in [0.05, 0.1) is 33.0 Å². The van der Waals surface area contributed by atoms with Crippen LogP contribution in [0.2, 0.25) is 0 Å². The van der Waals surface area contributed by atoms with Gasteiger partial charge >= 0.3 is 6.09 Å². The number of nitrogens with one attached hydrogen (secondary N) is 1. The Morgan fingerprint density at radius 3 is 2.37 bits per heavy atom. The molecule has 7 nitrogen and oxygen atoms in total. The van der Waals surface area contributed by atoms with E-state index < -0.39 is 11.7 Å². The summed E-state index contributed by atoms with van der Waals surface area (Å²) in [5, 5.41) is 11.4. The van der Waals surface area contributed by atoms with Crippen molar-refractivity contribution in [3.05, 3.63) is 29.8 Å². The number of benzene rings is 1. The van der Waals surface area contributed by atoms with Crippen LogP contribution in [0.1, 0.15) is 52.0 Å². The number of carbonyl (C=O) groups excluding carboxylic acids is 1. The molecule has 1 amide bonds. The number of carbonyl (C=O) groups is 1. The Kier molecular flexibility index (Phi) is 13.9. The number of hydrogen-bond acceptors (Lipinski definition) is 6. The van der Waals surface area contributed by atoms with Crippen LogP contribution in [-0.4, -0.2) is 63.0 Å². The van der Waals surface area contributed by atoms with Crippen LogP contribution >= 0.6 is 0 Å². The molecule has 7 heteroatoms. The molecule has 2 N–H and O–H groups in total. The lowest BCUT2D eigenvalue weighted by molar-refractivity contribution is 0.0320. The molecule has 0 spiro atoms. The molecule has 0 saturated carbocycles. The highest BCUT2D eigenvalue weighted by atomic mass is 16.6. The standard InChI is InChI=1S/C23H39NO6/c1-23(2,3)30-22(26)24-12-11-20-9-8-10-21(19-20)29-15-7-5-4-6-14-27-17-18-28-16-13-25/h8-10,19,25H,4-7,11-18H2,1-3H3,(H,24,26). The second-order valence-corrected chi connectivity index (χ2v) is 8.04. The second-order valence-electron chi connectivity index (χ2n) is 8.04. The van der Waals surface area contributed by atoms with Crippen LogP contribution in [0.5, 0.6) is 5.75 Å². The van der Waals surface area contributed by atoms with Gasteiger partial charge in [0, 0.05) is 13.2 Å². The predicted octanol–water partition coefficient (Wildman–Crippen LogP) is 3.72. The third kappa shape index (κ3) is 15.1. The summed E-state index contributed by atoms with van der Waals surface area (Å²) in [6, 6.07) is 7.97. The summed E-state index contributed by atoms with van der Waals surface area (Å²) in [7, 11) is 0. The van der Waals surface area contributed by atoms with E-state index in [-0.39, 0.29) is 6.61 Å². The van der Waals surface area contributed by atoms with E-state index in [0.717, 1.165) is 50.0 Å². The largest absolute Gasteiger partial charge is 0.494 e. The fourth-order valence-electron chi connectivity index (χ4n) is 2.65. The molecule has 0 bridgehead atoms. The molecular weight excluding hydrogens is 386 g/mol. The number of unbranched alkanes of at least 4 members (excludes halogenated alkanes) is 3. The molecule has 0 unspecified atom stereocenters. The average molecular weight is 426 g/mol. The fourth-order valence-corrected chi connectivity index (χ4v) is 2.65. The van der Waals surface area contributed by atoms with Crippen molar-refractivity contribution in [2.24, 2.45) is 0 Å². The summed E-state index contributed by atoms with van der Waals surface area (Å²) in [6.45, 7) is 9.02. The Balaban J connectivity index is 2.06. The molecule has 0 aromatic heterocycles. The number of aliphatic hydroxyl groups excluding tert-OH is 1. The number of ether oxygens (including phenoxy) is 4. The molecule has 0 saturated heterocycles. The van der Waals surface area contributed by atoms with Crippen molar-refractivity contribution in [3.8, 4) is 5.75 Å². The van der Waals surface area contributed by atoms with E-state index in [2.05, 4.69) is 5.32 Å². The zero-order valence-corrected chi connectivity index (χ0v) is 18.8. The topological polar surface area (TPSA) is 86.3 Å². The highest BCUT2D eigenvalue weighted by molar-refractivity contribution is 5.67. The van der Waals surface area contributed by atoms with Gasteiger partial charge in [-0.15, -0.1) is 0 Å². The van der Waals surface area contributed by atoms with Crippen LogP contribution in [0.25, 0.3) is 0 Å². The third-order valence-electron chi connectivity index (χ3n) is 4.04. The molecule has 30 heavy (non-hydrogen) atoms. The van der Waals surface area contributed by atoms with E-state index >= 15 is 0 Å². The number of rotatable bonds is 16. The first-order valence-corrected chi connectivity index (χ1v) is 10.9. The molecule has 1 aromatic carbocycles. The average Bonchev–Trinajstić information content (AvgIpc) is 2.68. The van der Waals surface area contributed by atoms with Gasteiger partial charge in [-0.2, -0.15) is 0 Å². The molecule has 0 radical (unpaired) electrons. The Labute approximate surface area is 181 Å². The van der Waals surface area contributed by atoms with E-state index in [1.807, 2.05) is 45.0 Å². The first kappa shape index (κ1) is 26.2. The minimum absolute atomic E-state index is 0.0532. The van der Waals surface area contributed by atoms with Crippen LogP contribution in [0.3, 0.4) is 0 Å². The van der Waals surface area contributed by atoms with Gasteiger partial charge in [0.15, 0.2) is 0 Å². The lowest BCUT2D eigenvalue weighted by Gasteiger charge is -2.19. The summed E-state index contributed by atoms with van der Waals surface area (Å²) in [5.41, 5.74) is 0.629.